The molecule has 0 bridgehead atoms. The highest BCUT2D eigenvalue weighted by molar-refractivity contribution is 5.85. The standard InChI is InChI=1S/C19H29N3O.2ClH/c20-15-19(10-4-5-11-19)18(23)21-17-9-6-12-22(14-17)13-16-7-2-1-3-8-16;;/h1-3,7-8,17H,4-6,9-15,20H2,(H,21,23);2*1H. The Labute approximate surface area is 163 Å². The number of nitrogens with zero attached hydrogens (tertiary/aromatic N) is 1. The summed E-state index contributed by atoms with van der Waals surface area (Å²) < 4.78 is 0. The molecule has 1 unspecified atom stereocenters. The zero-order valence-corrected chi connectivity index (χ0v) is 16.4. The Kier molecular flexibility index (Phi) is 9.22. The molecule has 25 heavy (non-hydrogen) atoms. The molecule has 1 saturated carbocycles. The molecule has 1 saturated heterocycles. The number of carbonyl (C=O) groups excluding carboxylic acids is 1. The van der Waals surface area contributed by atoms with Gasteiger partial charge >= 0.3 is 0 Å². The number of benzene rings is 1. The van der Waals surface area contributed by atoms with Gasteiger partial charge in [-0.15, -0.1) is 24.8 Å². The lowest BCUT2D eigenvalue weighted by atomic mass is 9.84. The van der Waals surface area contributed by atoms with Crippen molar-refractivity contribution in [3.05, 3.63) is 35.9 Å². The van der Waals surface area contributed by atoms with Crippen LogP contribution in [0.5, 0.6) is 0 Å². The molecule has 0 aromatic heterocycles. The van der Waals surface area contributed by atoms with Crippen LogP contribution >= 0.6 is 24.8 Å². The van der Waals surface area contributed by atoms with E-state index < -0.39 is 0 Å². The number of carbonyl (C=O) groups is 1. The molecule has 1 aromatic carbocycles. The van der Waals surface area contributed by atoms with E-state index in [4.69, 9.17) is 5.73 Å². The third-order valence-corrected chi connectivity index (χ3v) is 5.52. The van der Waals surface area contributed by atoms with Gasteiger partial charge in [0, 0.05) is 25.7 Å². The molecule has 0 radical (unpaired) electrons. The fourth-order valence-electron chi connectivity index (χ4n) is 4.07. The number of rotatable bonds is 5. The molecular weight excluding hydrogens is 357 g/mol. The Hall–Kier alpha value is -0.810. The topological polar surface area (TPSA) is 58.4 Å². The zero-order valence-electron chi connectivity index (χ0n) is 14.8. The molecule has 1 aliphatic heterocycles. The van der Waals surface area contributed by atoms with Crippen LogP contribution in [0.1, 0.15) is 44.1 Å². The maximum absolute atomic E-state index is 12.7. The Balaban J connectivity index is 0.00000156. The Morgan fingerprint density at radius 2 is 1.84 bits per heavy atom. The van der Waals surface area contributed by atoms with Crippen molar-refractivity contribution in [3.63, 3.8) is 0 Å². The molecule has 1 aromatic rings. The second-order valence-electron chi connectivity index (χ2n) is 7.22. The lowest BCUT2D eigenvalue weighted by molar-refractivity contribution is -0.131. The molecule has 4 nitrogen and oxygen atoms in total. The number of nitrogens with one attached hydrogen (secondary N) is 1. The number of nitrogens with two attached hydrogens (primary N) is 1. The molecule has 2 fully saturated rings. The van der Waals surface area contributed by atoms with Crippen LogP contribution in [0.15, 0.2) is 30.3 Å². The molecule has 1 aliphatic carbocycles. The van der Waals surface area contributed by atoms with Gasteiger partial charge < -0.3 is 11.1 Å². The first-order chi connectivity index (χ1) is 11.2. The summed E-state index contributed by atoms with van der Waals surface area (Å²) in [6.45, 7) is 3.51. The third kappa shape index (κ3) is 5.58. The van der Waals surface area contributed by atoms with E-state index in [0.717, 1.165) is 58.2 Å². The van der Waals surface area contributed by atoms with Crippen molar-refractivity contribution >= 4 is 30.7 Å². The van der Waals surface area contributed by atoms with Gasteiger partial charge in [-0.1, -0.05) is 43.2 Å². The SMILES string of the molecule is Cl.Cl.NCC1(C(=O)NC2CCCN(Cc3ccccc3)C2)CCCC1. The molecule has 2 aliphatic rings. The van der Waals surface area contributed by atoms with Gasteiger partial charge in [-0.25, -0.2) is 0 Å². The second kappa shape index (κ2) is 10.4. The normalized spacial score (nSPS) is 22.5. The smallest absolute Gasteiger partial charge is 0.227 e. The van der Waals surface area contributed by atoms with Crippen LogP contribution in [0.3, 0.4) is 0 Å². The van der Waals surface area contributed by atoms with Gasteiger partial charge in [-0.3, -0.25) is 9.69 Å². The van der Waals surface area contributed by atoms with E-state index >= 15 is 0 Å². The van der Waals surface area contributed by atoms with Crippen molar-refractivity contribution in [2.24, 2.45) is 11.1 Å². The summed E-state index contributed by atoms with van der Waals surface area (Å²) in [6, 6.07) is 10.8. The highest BCUT2D eigenvalue weighted by Gasteiger charge is 2.40. The van der Waals surface area contributed by atoms with Crippen molar-refractivity contribution in [2.45, 2.75) is 51.1 Å². The van der Waals surface area contributed by atoms with E-state index in [-0.39, 0.29) is 42.2 Å². The maximum Gasteiger partial charge on any atom is 0.227 e. The van der Waals surface area contributed by atoms with Crippen LogP contribution in [0.2, 0.25) is 0 Å². The minimum absolute atomic E-state index is 0. The van der Waals surface area contributed by atoms with Crippen molar-refractivity contribution in [2.75, 3.05) is 19.6 Å². The third-order valence-electron chi connectivity index (χ3n) is 5.52. The highest BCUT2D eigenvalue weighted by atomic mass is 35.5. The molecule has 0 spiro atoms. The average molecular weight is 388 g/mol. The van der Waals surface area contributed by atoms with Gasteiger partial charge in [-0.2, -0.15) is 0 Å². The summed E-state index contributed by atoms with van der Waals surface area (Å²) in [7, 11) is 0. The zero-order chi connectivity index (χ0) is 16.1. The minimum Gasteiger partial charge on any atom is -0.352 e. The lowest BCUT2D eigenvalue weighted by Crippen LogP contribution is -2.52. The molecule has 1 heterocycles. The predicted molar refractivity (Wildman–Crippen MR) is 107 cm³/mol. The largest absolute Gasteiger partial charge is 0.352 e. The summed E-state index contributed by atoms with van der Waals surface area (Å²) in [6.07, 6.45) is 6.40. The fourth-order valence-corrected chi connectivity index (χ4v) is 4.07. The van der Waals surface area contributed by atoms with E-state index in [2.05, 4.69) is 40.5 Å². The number of amides is 1. The quantitative estimate of drug-likeness (QED) is 0.815. The van der Waals surface area contributed by atoms with Crippen molar-refractivity contribution in [1.29, 1.82) is 0 Å². The van der Waals surface area contributed by atoms with Gasteiger partial charge in [0.1, 0.15) is 0 Å². The average Bonchev–Trinajstić information content (AvgIpc) is 3.06. The molecule has 142 valence electrons. The highest BCUT2D eigenvalue weighted by Crippen LogP contribution is 2.37. The monoisotopic (exact) mass is 387 g/mol. The first-order valence-electron chi connectivity index (χ1n) is 8.99. The summed E-state index contributed by atoms with van der Waals surface area (Å²) in [4.78, 5) is 15.2. The van der Waals surface area contributed by atoms with E-state index in [1.165, 1.54) is 5.56 Å². The molecule has 1 amide bonds. The summed E-state index contributed by atoms with van der Waals surface area (Å²) in [5.74, 6) is 0.198. The lowest BCUT2D eigenvalue weighted by Gasteiger charge is -2.35. The van der Waals surface area contributed by atoms with E-state index in [1.54, 1.807) is 0 Å². The van der Waals surface area contributed by atoms with E-state index in [0.29, 0.717) is 6.54 Å². The molecule has 3 rings (SSSR count). The van der Waals surface area contributed by atoms with Gasteiger partial charge in [0.05, 0.1) is 5.41 Å². The van der Waals surface area contributed by atoms with Crippen LogP contribution in [0.25, 0.3) is 0 Å². The van der Waals surface area contributed by atoms with E-state index in [1.807, 2.05) is 0 Å². The van der Waals surface area contributed by atoms with E-state index in [9.17, 15) is 4.79 Å². The minimum atomic E-state index is -0.290. The van der Waals surface area contributed by atoms with Gasteiger partial charge in [0.2, 0.25) is 5.91 Å². The number of hydrogen-bond donors (Lipinski definition) is 2. The number of halogens is 2. The van der Waals surface area contributed by atoms with Crippen molar-refractivity contribution in [1.82, 2.24) is 10.2 Å². The number of hydrogen-bond acceptors (Lipinski definition) is 3. The molecule has 3 N–H and O–H groups in total. The van der Waals surface area contributed by atoms with Gasteiger partial charge in [0.15, 0.2) is 0 Å². The van der Waals surface area contributed by atoms with Crippen molar-refractivity contribution < 1.29 is 4.79 Å². The summed E-state index contributed by atoms with van der Waals surface area (Å²) in [5.41, 5.74) is 6.98. The Bertz CT molecular complexity index is 521. The van der Waals surface area contributed by atoms with Crippen LogP contribution in [-0.2, 0) is 11.3 Å². The van der Waals surface area contributed by atoms with Crippen molar-refractivity contribution in [3.8, 4) is 0 Å². The fraction of sp³-hybridized carbons (Fsp3) is 0.632. The Morgan fingerprint density at radius 1 is 1.16 bits per heavy atom. The first-order valence-corrected chi connectivity index (χ1v) is 8.99. The van der Waals surface area contributed by atoms with Gasteiger partial charge in [0.25, 0.3) is 0 Å². The predicted octanol–water partition coefficient (Wildman–Crippen LogP) is 3.13. The summed E-state index contributed by atoms with van der Waals surface area (Å²) >= 11 is 0. The number of likely N-dealkylation sites (tertiary alicyclic amines) is 1. The van der Waals surface area contributed by atoms with Crippen LogP contribution in [0, 0.1) is 5.41 Å². The van der Waals surface area contributed by atoms with Crippen LogP contribution in [0.4, 0.5) is 0 Å². The first kappa shape index (κ1) is 22.2. The second-order valence-corrected chi connectivity index (χ2v) is 7.22. The summed E-state index contributed by atoms with van der Waals surface area (Å²) in [5, 5.41) is 3.31. The molecule has 1 atom stereocenters. The Morgan fingerprint density at radius 3 is 2.48 bits per heavy atom. The van der Waals surface area contributed by atoms with Crippen LogP contribution in [-0.4, -0.2) is 36.5 Å². The van der Waals surface area contributed by atoms with Crippen LogP contribution < -0.4 is 11.1 Å². The maximum atomic E-state index is 12.7. The molecular formula is C19H31Cl2N3O. The van der Waals surface area contributed by atoms with Gasteiger partial charge in [-0.05, 0) is 37.8 Å². The molecule has 6 heteroatoms. The number of piperidine rings is 1.